The van der Waals surface area contributed by atoms with Gasteiger partial charge in [0.25, 0.3) is 0 Å². The van der Waals surface area contributed by atoms with Gasteiger partial charge in [0.05, 0.1) is 11.0 Å². The topological polar surface area (TPSA) is 56.7 Å². The van der Waals surface area contributed by atoms with Gasteiger partial charge in [-0.25, -0.2) is 15.0 Å². The zero-order valence-corrected chi connectivity index (χ0v) is 27.9. The summed E-state index contributed by atoms with van der Waals surface area (Å²) in [5, 5.41) is 8.87. The Morgan fingerprint density at radius 1 is 0.385 bits per heavy atom. The van der Waals surface area contributed by atoms with Gasteiger partial charge < -0.3 is 8.98 Å². The number of hydrogen-bond donors (Lipinski definition) is 0. The summed E-state index contributed by atoms with van der Waals surface area (Å²) < 4.78 is 9.06. The summed E-state index contributed by atoms with van der Waals surface area (Å²) in [6.07, 6.45) is 0. The largest absolute Gasteiger partial charge is 0.455 e. The SMILES string of the molecule is c1ccc(-c2nc(-c3cccc4oc5c(ccc6ccc7ccccc7c65)c34)nc(-c3cccc4c3c3ccccc3n4-c3ccccc3)n2)cc1. The Bertz CT molecular complexity index is 3180. The van der Waals surface area contributed by atoms with Crippen LogP contribution >= 0.6 is 0 Å². The fraction of sp³-hybridized carbons (Fsp3) is 0. The van der Waals surface area contributed by atoms with Crippen molar-refractivity contribution in [1.29, 1.82) is 0 Å². The van der Waals surface area contributed by atoms with Crippen LogP contribution in [0.4, 0.5) is 0 Å². The van der Waals surface area contributed by atoms with Crippen LogP contribution in [0.5, 0.6) is 0 Å². The van der Waals surface area contributed by atoms with Crippen molar-refractivity contribution in [2.75, 3.05) is 0 Å². The molecule has 0 aliphatic heterocycles. The average Bonchev–Trinajstić information content (AvgIpc) is 3.77. The van der Waals surface area contributed by atoms with E-state index in [4.69, 9.17) is 19.4 Å². The van der Waals surface area contributed by atoms with Crippen LogP contribution in [0.1, 0.15) is 0 Å². The van der Waals surface area contributed by atoms with E-state index >= 15 is 0 Å². The lowest BCUT2D eigenvalue weighted by Crippen LogP contribution is -2.01. The van der Waals surface area contributed by atoms with Crippen molar-refractivity contribution in [3.63, 3.8) is 0 Å². The van der Waals surface area contributed by atoms with Crippen molar-refractivity contribution < 1.29 is 4.42 Å². The Balaban J connectivity index is 1.21. The first-order valence-electron chi connectivity index (χ1n) is 17.5. The zero-order chi connectivity index (χ0) is 34.2. The molecule has 0 fully saturated rings. The van der Waals surface area contributed by atoms with E-state index in [-0.39, 0.29) is 0 Å². The molecule has 11 rings (SSSR count). The highest BCUT2D eigenvalue weighted by Crippen LogP contribution is 2.42. The van der Waals surface area contributed by atoms with Crippen molar-refractivity contribution in [2.45, 2.75) is 0 Å². The molecule has 0 amide bonds. The molecule has 3 aromatic heterocycles. The normalized spacial score (nSPS) is 11.8. The molecule has 5 nitrogen and oxygen atoms in total. The smallest absolute Gasteiger partial charge is 0.164 e. The number of furan rings is 1. The third-order valence-electron chi connectivity index (χ3n) is 10.2. The van der Waals surface area contributed by atoms with Gasteiger partial charge in [0.2, 0.25) is 0 Å². The Hall–Kier alpha value is -7.11. The quantitative estimate of drug-likeness (QED) is 0.176. The van der Waals surface area contributed by atoms with E-state index in [0.29, 0.717) is 17.5 Å². The third kappa shape index (κ3) is 4.26. The predicted octanol–water partition coefficient (Wildman–Crippen LogP) is 12.2. The number of para-hydroxylation sites is 2. The Morgan fingerprint density at radius 3 is 1.83 bits per heavy atom. The van der Waals surface area contributed by atoms with Gasteiger partial charge in [-0.15, -0.1) is 0 Å². The molecule has 242 valence electrons. The molecule has 0 unspecified atom stereocenters. The van der Waals surface area contributed by atoms with Crippen molar-refractivity contribution in [3.8, 4) is 39.9 Å². The third-order valence-corrected chi connectivity index (χ3v) is 10.2. The van der Waals surface area contributed by atoms with Crippen LogP contribution in [-0.4, -0.2) is 19.5 Å². The van der Waals surface area contributed by atoms with Gasteiger partial charge in [0.1, 0.15) is 11.2 Å². The highest BCUT2D eigenvalue weighted by Gasteiger charge is 2.22. The van der Waals surface area contributed by atoms with E-state index in [9.17, 15) is 0 Å². The van der Waals surface area contributed by atoms with Crippen molar-refractivity contribution >= 4 is 65.3 Å². The summed E-state index contributed by atoms with van der Waals surface area (Å²) in [5.41, 5.74) is 7.76. The van der Waals surface area contributed by atoms with Crippen molar-refractivity contribution in [2.24, 2.45) is 0 Å². The summed E-state index contributed by atoms with van der Waals surface area (Å²) in [6.45, 7) is 0. The molecule has 3 heterocycles. The van der Waals surface area contributed by atoms with Gasteiger partial charge in [0.15, 0.2) is 17.5 Å². The first kappa shape index (κ1) is 28.7. The Kier molecular flexibility index (Phi) is 6.18. The first-order chi connectivity index (χ1) is 25.8. The molecule has 0 aliphatic carbocycles. The molecule has 0 N–H and O–H groups in total. The average molecular weight is 665 g/mol. The molecule has 8 aromatic carbocycles. The second-order valence-corrected chi connectivity index (χ2v) is 13.2. The van der Waals surface area contributed by atoms with Gasteiger partial charge in [-0.3, -0.25) is 0 Å². The van der Waals surface area contributed by atoms with Gasteiger partial charge in [-0.2, -0.15) is 0 Å². The lowest BCUT2D eigenvalue weighted by molar-refractivity contribution is 0.673. The second-order valence-electron chi connectivity index (χ2n) is 13.2. The standard InChI is InChI=1S/C47H28N4O/c1-3-14-31(15-4-1)45-48-46(36-20-11-23-39-42(36)34-19-9-10-22-38(34)51(39)32-16-5-2-6-17-32)50-47(49-45)37-21-12-24-40-43(37)35-28-27-30-26-25-29-13-7-8-18-33(29)41(30)44(35)52-40/h1-28H. The summed E-state index contributed by atoms with van der Waals surface area (Å²) in [4.78, 5) is 15.7. The number of fused-ring (bicyclic) bond motifs is 10. The van der Waals surface area contributed by atoms with E-state index in [2.05, 4.69) is 144 Å². The van der Waals surface area contributed by atoms with Gasteiger partial charge in [0, 0.05) is 49.3 Å². The van der Waals surface area contributed by atoms with Crippen LogP contribution in [0.25, 0.3) is 105 Å². The highest BCUT2D eigenvalue weighted by molar-refractivity contribution is 6.25. The van der Waals surface area contributed by atoms with E-state index in [1.54, 1.807) is 0 Å². The maximum atomic E-state index is 6.74. The lowest BCUT2D eigenvalue weighted by atomic mass is 9.98. The Labute approximate surface area is 298 Å². The van der Waals surface area contributed by atoms with Crippen molar-refractivity contribution in [3.05, 3.63) is 170 Å². The molecule has 11 aromatic rings. The molecule has 0 saturated carbocycles. The number of aromatic nitrogens is 4. The van der Waals surface area contributed by atoms with Crippen LogP contribution in [-0.2, 0) is 0 Å². The maximum absolute atomic E-state index is 6.74. The van der Waals surface area contributed by atoms with Crippen LogP contribution in [0.2, 0.25) is 0 Å². The van der Waals surface area contributed by atoms with Crippen molar-refractivity contribution in [1.82, 2.24) is 19.5 Å². The minimum absolute atomic E-state index is 0.596. The van der Waals surface area contributed by atoms with Crippen LogP contribution in [0.15, 0.2) is 174 Å². The maximum Gasteiger partial charge on any atom is 0.164 e. The zero-order valence-electron chi connectivity index (χ0n) is 27.9. The number of nitrogens with zero attached hydrogens (tertiary/aromatic N) is 4. The van der Waals surface area contributed by atoms with Crippen LogP contribution in [0.3, 0.4) is 0 Å². The van der Waals surface area contributed by atoms with Gasteiger partial charge in [-0.05, 0) is 52.6 Å². The summed E-state index contributed by atoms with van der Waals surface area (Å²) in [5.74, 6) is 1.83. The molecule has 0 spiro atoms. The Morgan fingerprint density at radius 2 is 1.00 bits per heavy atom. The summed E-state index contributed by atoms with van der Waals surface area (Å²) >= 11 is 0. The first-order valence-corrected chi connectivity index (χ1v) is 17.5. The van der Waals surface area contributed by atoms with Crippen LogP contribution < -0.4 is 0 Å². The molecule has 0 radical (unpaired) electrons. The highest BCUT2D eigenvalue weighted by atomic mass is 16.3. The monoisotopic (exact) mass is 664 g/mol. The predicted molar refractivity (Wildman–Crippen MR) is 213 cm³/mol. The molecule has 0 saturated heterocycles. The molecule has 52 heavy (non-hydrogen) atoms. The molecular formula is C47H28N4O. The molecule has 0 aliphatic rings. The van der Waals surface area contributed by atoms with E-state index in [1.165, 1.54) is 10.8 Å². The van der Waals surface area contributed by atoms with Gasteiger partial charge in [-0.1, -0.05) is 133 Å². The summed E-state index contributed by atoms with van der Waals surface area (Å²) in [6, 6.07) is 59.0. The number of hydrogen-bond acceptors (Lipinski definition) is 4. The fourth-order valence-electron chi connectivity index (χ4n) is 7.95. The summed E-state index contributed by atoms with van der Waals surface area (Å²) in [7, 11) is 0. The van der Waals surface area contributed by atoms with E-state index in [0.717, 1.165) is 76.9 Å². The van der Waals surface area contributed by atoms with E-state index in [1.807, 2.05) is 30.3 Å². The minimum atomic E-state index is 0.596. The molecular weight excluding hydrogens is 637 g/mol. The lowest BCUT2D eigenvalue weighted by Gasteiger charge is -2.11. The number of rotatable bonds is 4. The van der Waals surface area contributed by atoms with Gasteiger partial charge >= 0.3 is 0 Å². The van der Waals surface area contributed by atoms with Crippen LogP contribution in [0, 0.1) is 0 Å². The molecule has 0 bridgehead atoms. The minimum Gasteiger partial charge on any atom is -0.455 e. The van der Waals surface area contributed by atoms with E-state index < -0.39 is 0 Å². The fourth-order valence-corrected chi connectivity index (χ4v) is 7.95. The molecule has 0 atom stereocenters. The molecule has 5 heteroatoms. The number of benzene rings is 8. The second kappa shape index (κ2) is 11.2.